The zero-order valence-electron chi connectivity index (χ0n) is 9.20. The molecule has 0 spiro atoms. The van der Waals surface area contributed by atoms with Crippen LogP contribution >= 0.6 is 0 Å². The Morgan fingerprint density at radius 2 is 2.13 bits per heavy atom. The van der Waals surface area contributed by atoms with Gasteiger partial charge in [-0.05, 0) is 26.7 Å². The molecule has 2 aliphatic rings. The van der Waals surface area contributed by atoms with Crippen molar-refractivity contribution >= 4 is 5.82 Å². The Bertz CT molecular complexity index is 409. The number of fused-ring (bicyclic) bond motifs is 1. The van der Waals surface area contributed by atoms with E-state index in [2.05, 4.69) is 28.7 Å². The van der Waals surface area contributed by atoms with Crippen LogP contribution in [0.15, 0.2) is 6.33 Å². The molecule has 0 unspecified atom stereocenters. The summed E-state index contributed by atoms with van der Waals surface area (Å²) >= 11 is 0. The Morgan fingerprint density at radius 1 is 1.40 bits per heavy atom. The average Bonchev–Trinajstić information content (AvgIpc) is 2.95. The zero-order chi connectivity index (χ0) is 10.6. The van der Waals surface area contributed by atoms with Crippen LogP contribution in [0.3, 0.4) is 0 Å². The molecule has 3 rings (SSSR count). The molecule has 0 atom stereocenters. The maximum atomic E-state index is 5.90. The largest absolute Gasteiger partial charge is 0.383 e. The van der Waals surface area contributed by atoms with Crippen LogP contribution in [0.5, 0.6) is 0 Å². The molecule has 1 aromatic rings. The van der Waals surface area contributed by atoms with Gasteiger partial charge in [-0.3, -0.25) is 4.90 Å². The van der Waals surface area contributed by atoms with Crippen LogP contribution in [-0.2, 0) is 12.1 Å². The molecule has 1 saturated carbocycles. The van der Waals surface area contributed by atoms with Crippen molar-refractivity contribution in [3.8, 4) is 0 Å². The van der Waals surface area contributed by atoms with E-state index in [0.717, 1.165) is 23.8 Å². The summed E-state index contributed by atoms with van der Waals surface area (Å²) < 4.78 is 0. The standard InChI is InChI=1S/C11H16N4/c1-11(2)9-8(10(12)14-6-13-9)5-15(11)7-3-4-7/h6-7H,3-5H2,1-2H3,(H2,12,13,14). The van der Waals surface area contributed by atoms with Crippen molar-refractivity contribution < 1.29 is 0 Å². The lowest BCUT2D eigenvalue weighted by Gasteiger charge is -2.31. The van der Waals surface area contributed by atoms with E-state index in [9.17, 15) is 0 Å². The molecule has 1 aliphatic carbocycles. The third-order valence-corrected chi connectivity index (χ3v) is 3.59. The summed E-state index contributed by atoms with van der Waals surface area (Å²) in [5, 5.41) is 0. The molecule has 80 valence electrons. The Labute approximate surface area is 89.5 Å². The smallest absolute Gasteiger partial charge is 0.131 e. The number of nitrogens with zero attached hydrogens (tertiary/aromatic N) is 3. The van der Waals surface area contributed by atoms with Crippen LogP contribution in [0, 0.1) is 0 Å². The second-order valence-corrected chi connectivity index (χ2v) is 5.00. The van der Waals surface area contributed by atoms with Crippen molar-refractivity contribution in [3.63, 3.8) is 0 Å². The van der Waals surface area contributed by atoms with Gasteiger partial charge in [0.2, 0.25) is 0 Å². The van der Waals surface area contributed by atoms with Gasteiger partial charge in [0.25, 0.3) is 0 Å². The molecule has 4 heteroatoms. The molecule has 0 amide bonds. The Kier molecular flexibility index (Phi) is 1.63. The highest BCUT2D eigenvalue weighted by molar-refractivity contribution is 5.46. The fourth-order valence-corrected chi connectivity index (χ4v) is 2.58. The molecule has 0 bridgehead atoms. The van der Waals surface area contributed by atoms with E-state index in [1.165, 1.54) is 12.8 Å². The monoisotopic (exact) mass is 204 g/mol. The number of nitrogens with two attached hydrogens (primary N) is 1. The predicted octanol–water partition coefficient (Wildman–Crippen LogP) is 1.27. The predicted molar refractivity (Wildman–Crippen MR) is 58.0 cm³/mol. The molecule has 15 heavy (non-hydrogen) atoms. The Balaban J connectivity index is 2.09. The molecule has 4 nitrogen and oxygen atoms in total. The van der Waals surface area contributed by atoms with E-state index in [-0.39, 0.29) is 5.54 Å². The van der Waals surface area contributed by atoms with Crippen LogP contribution in [-0.4, -0.2) is 20.9 Å². The first-order chi connectivity index (χ1) is 7.10. The lowest BCUT2D eigenvalue weighted by molar-refractivity contribution is 0.124. The van der Waals surface area contributed by atoms with Crippen molar-refractivity contribution in [2.45, 2.75) is 44.8 Å². The first-order valence-electron chi connectivity index (χ1n) is 5.47. The van der Waals surface area contributed by atoms with Crippen molar-refractivity contribution in [1.82, 2.24) is 14.9 Å². The minimum absolute atomic E-state index is 0.0214. The highest BCUT2D eigenvalue weighted by Crippen LogP contribution is 2.45. The number of hydrogen-bond donors (Lipinski definition) is 1. The first-order valence-corrected chi connectivity index (χ1v) is 5.47. The molecule has 2 heterocycles. The van der Waals surface area contributed by atoms with Gasteiger partial charge >= 0.3 is 0 Å². The summed E-state index contributed by atoms with van der Waals surface area (Å²) in [5.41, 5.74) is 8.17. The summed E-state index contributed by atoms with van der Waals surface area (Å²) in [6.07, 6.45) is 4.20. The van der Waals surface area contributed by atoms with Gasteiger partial charge in [0.05, 0.1) is 11.2 Å². The molecule has 0 saturated heterocycles. The van der Waals surface area contributed by atoms with Gasteiger partial charge < -0.3 is 5.73 Å². The fraction of sp³-hybridized carbons (Fsp3) is 0.636. The lowest BCUT2D eigenvalue weighted by Crippen LogP contribution is -2.37. The summed E-state index contributed by atoms with van der Waals surface area (Å²) in [4.78, 5) is 11.0. The molecule has 1 fully saturated rings. The number of anilines is 1. The van der Waals surface area contributed by atoms with E-state index >= 15 is 0 Å². The van der Waals surface area contributed by atoms with E-state index in [0.29, 0.717) is 5.82 Å². The average molecular weight is 204 g/mol. The molecule has 1 aliphatic heterocycles. The fourth-order valence-electron chi connectivity index (χ4n) is 2.58. The van der Waals surface area contributed by atoms with Crippen molar-refractivity contribution in [1.29, 1.82) is 0 Å². The maximum Gasteiger partial charge on any atom is 0.131 e. The zero-order valence-corrected chi connectivity index (χ0v) is 9.20. The van der Waals surface area contributed by atoms with Crippen LogP contribution in [0.1, 0.15) is 37.9 Å². The van der Waals surface area contributed by atoms with E-state index < -0.39 is 0 Å². The van der Waals surface area contributed by atoms with Crippen molar-refractivity contribution in [3.05, 3.63) is 17.6 Å². The van der Waals surface area contributed by atoms with Gasteiger partial charge in [-0.1, -0.05) is 0 Å². The van der Waals surface area contributed by atoms with Gasteiger partial charge in [-0.15, -0.1) is 0 Å². The first kappa shape index (κ1) is 9.09. The second-order valence-electron chi connectivity index (χ2n) is 5.00. The second kappa shape index (κ2) is 2.70. The Hall–Kier alpha value is -1.16. The maximum absolute atomic E-state index is 5.90. The Morgan fingerprint density at radius 3 is 2.73 bits per heavy atom. The van der Waals surface area contributed by atoms with E-state index in [4.69, 9.17) is 5.73 Å². The third kappa shape index (κ3) is 1.17. The summed E-state index contributed by atoms with van der Waals surface area (Å²) in [6, 6.07) is 0.730. The molecule has 2 N–H and O–H groups in total. The van der Waals surface area contributed by atoms with Gasteiger partial charge in [0, 0.05) is 18.2 Å². The van der Waals surface area contributed by atoms with Crippen LogP contribution in [0.25, 0.3) is 0 Å². The molecule has 0 aromatic carbocycles. The van der Waals surface area contributed by atoms with Gasteiger partial charge in [-0.25, -0.2) is 9.97 Å². The molecule has 0 radical (unpaired) electrons. The SMILES string of the molecule is CC1(C)c2ncnc(N)c2CN1C1CC1. The normalized spacial score (nSPS) is 24.1. The van der Waals surface area contributed by atoms with Gasteiger partial charge in [-0.2, -0.15) is 0 Å². The van der Waals surface area contributed by atoms with Crippen molar-refractivity contribution in [2.24, 2.45) is 0 Å². The summed E-state index contributed by atoms with van der Waals surface area (Å²) in [6.45, 7) is 5.37. The summed E-state index contributed by atoms with van der Waals surface area (Å²) in [7, 11) is 0. The van der Waals surface area contributed by atoms with E-state index in [1.54, 1.807) is 6.33 Å². The van der Waals surface area contributed by atoms with Gasteiger partial charge in [0.1, 0.15) is 12.1 Å². The molecular weight excluding hydrogens is 188 g/mol. The molecule has 1 aromatic heterocycles. The highest BCUT2D eigenvalue weighted by atomic mass is 15.3. The van der Waals surface area contributed by atoms with Crippen molar-refractivity contribution in [2.75, 3.05) is 5.73 Å². The lowest BCUT2D eigenvalue weighted by atomic mass is 10.00. The van der Waals surface area contributed by atoms with Crippen LogP contribution < -0.4 is 5.73 Å². The molecular formula is C11H16N4. The summed E-state index contributed by atoms with van der Waals surface area (Å²) in [5.74, 6) is 0.649. The number of rotatable bonds is 1. The highest BCUT2D eigenvalue weighted by Gasteiger charge is 2.46. The number of hydrogen-bond acceptors (Lipinski definition) is 4. The minimum atomic E-state index is 0.0214. The van der Waals surface area contributed by atoms with Gasteiger partial charge in [0.15, 0.2) is 0 Å². The quantitative estimate of drug-likeness (QED) is 0.748. The van der Waals surface area contributed by atoms with Crippen LogP contribution in [0.2, 0.25) is 0 Å². The topological polar surface area (TPSA) is 55.0 Å². The van der Waals surface area contributed by atoms with Crippen LogP contribution in [0.4, 0.5) is 5.82 Å². The van der Waals surface area contributed by atoms with E-state index in [1.807, 2.05) is 0 Å². The minimum Gasteiger partial charge on any atom is -0.383 e. The number of nitrogen functional groups attached to an aromatic ring is 1. The third-order valence-electron chi connectivity index (χ3n) is 3.59. The number of aromatic nitrogens is 2.